The Balaban J connectivity index is 2.84. The summed E-state index contributed by atoms with van der Waals surface area (Å²) in [6.07, 6.45) is 1.69. The summed E-state index contributed by atoms with van der Waals surface area (Å²) in [4.78, 5) is 10.5. The van der Waals surface area contributed by atoms with Gasteiger partial charge in [-0.15, -0.1) is 0 Å². The van der Waals surface area contributed by atoms with Crippen LogP contribution in [0.3, 0.4) is 0 Å². The molecule has 5 nitrogen and oxygen atoms in total. The number of aliphatic hydroxyl groups is 1. The number of nitrogens with one attached hydrogen (secondary N) is 1. The van der Waals surface area contributed by atoms with Crippen molar-refractivity contribution in [3.63, 3.8) is 0 Å². The molecule has 0 spiro atoms. The van der Waals surface area contributed by atoms with Crippen molar-refractivity contribution in [2.24, 2.45) is 5.92 Å². The van der Waals surface area contributed by atoms with Gasteiger partial charge in [-0.05, 0) is 24.3 Å². The fourth-order valence-electron chi connectivity index (χ4n) is 2.35. The smallest absolute Gasteiger partial charge is 0.269 e. The molecule has 1 rings (SSSR count). The second kappa shape index (κ2) is 7.97. The van der Waals surface area contributed by atoms with Gasteiger partial charge in [0.05, 0.1) is 11.5 Å². The highest BCUT2D eigenvalue weighted by Crippen LogP contribution is 2.22. The zero-order chi connectivity index (χ0) is 15.1. The molecule has 2 N–H and O–H groups in total. The van der Waals surface area contributed by atoms with Gasteiger partial charge in [0.15, 0.2) is 0 Å². The van der Waals surface area contributed by atoms with Gasteiger partial charge in [-0.2, -0.15) is 0 Å². The van der Waals surface area contributed by atoms with E-state index >= 15 is 0 Å². The maximum atomic E-state index is 10.8. The van der Waals surface area contributed by atoms with Crippen LogP contribution < -0.4 is 5.32 Å². The van der Waals surface area contributed by atoms with E-state index in [1.807, 2.05) is 13.0 Å². The summed E-state index contributed by atoms with van der Waals surface area (Å²) in [6.45, 7) is 6.32. The van der Waals surface area contributed by atoms with E-state index in [4.69, 9.17) is 0 Å². The summed E-state index contributed by atoms with van der Waals surface area (Å²) in [7, 11) is 0. The molecule has 0 fully saturated rings. The van der Waals surface area contributed by atoms with E-state index < -0.39 is 0 Å². The van der Waals surface area contributed by atoms with E-state index in [0.717, 1.165) is 18.4 Å². The minimum atomic E-state index is -0.381. The van der Waals surface area contributed by atoms with Gasteiger partial charge in [0.1, 0.15) is 0 Å². The number of hydrogen-bond donors (Lipinski definition) is 2. The molecule has 0 amide bonds. The molecule has 0 heterocycles. The molecule has 20 heavy (non-hydrogen) atoms. The molecule has 1 aromatic carbocycles. The SMILES string of the molecule is CCC(NC(CO)CC(C)C)c1cccc([N+](=O)[O-])c1. The van der Waals surface area contributed by atoms with Crippen molar-refractivity contribution in [3.8, 4) is 0 Å². The molecule has 5 heteroatoms. The largest absolute Gasteiger partial charge is 0.395 e. The van der Waals surface area contributed by atoms with Crippen LogP contribution in [0.4, 0.5) is 5.69 Å². The predicted octanol–water partition coefficient (Wildman–Crippen LogP) is 3.04. The van der Waals surface area contributed by atoms with Crippen molar-refractivity contribution in [3.05, 3.63) is 39.9 Å². The molecule has 2 unspecified atom stereocenters. The predicted molar refractivity (Wildman–Crippen MR) is 79.6 cm³/mol. The molecule has 0 saturated heterocycles. The van der Waals surface area contributed by atoms with Crippen LogP contribution in [0.15, 0.2) is 24.3 Å². The third-order valence-electron chi connectivity index (χ3n) is 3.30. The highest BCUT2D eigenvalue weighted by atomic mass is 16.6. The molecule has 112 valence electrons. The molecule has 0 aliphatic carbocycles. The maximum Gasteiger partial charge on any atom is 0.269 e. The van der Waals surface area contributed by atoms with Crippen LogP contribution >= 0.6 is 0 Å². The Morgan fingerprint density at radius 1 is 1.40 bits per heavy atom. The zero-order valence-corrected chi connectivity index (χ0v) is 12.4. The van der Waals surface area contributed by atoms with E-state index in [2.05, 4.69) is 19.2 Å². The first kappa shape index (κ1) is 16.6. The van der Waals surface area contributed by atoms with Crippen LogP contribution in [0.1, 0.15) is 45.2 Å². The Morgan fingerprint density at radius 3 is 2.60 bits per heavy atom. The van der Waals surface area contributed by atoms with E-state index in [0.29, 0.717) is 5.92 Å². The van der Waals surface area contributed by atoms with E-state index in [-0.39, 0.29) is 29.3 Å². The lowest BCUT2D eigenvalue weighted by atomic mass is 9.99. The minimum Gasteiger partial charge on any atom is -0.395 e. The van der Waals surface area contributed by atoms with Crippen LogP contribution in [0.5, 0.6) is 0 Å². The number of rotatable bonds is 8. The van der Waals surface area contributed by atoms with Crippen LogP contribution in [0.25, 0.3) is 0 Å². The molecule has 0 bridgehead atoms. The lowest BCUT2D eigenvalue weighted by Crippen LogP contribution is -2.36. The first-order valence-corrected chi connectivity index (χ1v) is 7.09. The number of hydrogen-bond acceptors (Lipinski definition) is 4. The fourth-order valence-corrected chi connectivity index (χ4v) is 2.35. The number of nitro groups is 1. The summed E-state index contributed by atoms with van der Waals surface area (Å²) < 4.78 is 0. The highest BCUT2D eigenvalue weighted by molar-refractivity contribution is 5.35. The number of non-ortho nitro benzene ring substituents is 1. The van der Waals surface area contributed by atoms with E-state index in [9.17, 15) is 15.2 Å². The molecule has 0 aliphatic rings. The van der Waals surface area contributed by atoms with Crippen molar-refractivity contribution < 1.29 is 10.0 Å². The molecular formula is C15H24N2O3. The molecule has 2 atom stereocenters. The Kier molecular flexibility index (Phi) is 6.61. The second-order valence-corrected chi connectivity index (χ2v) is 5.49. The quantitative estimate of drug-likeness (QED) is 0.567. The van der Waals surface area contributed by atoms with Crippen molar-refractivity contribution in [1.82, 2.24) is 5.32 Å². The lowest BCUT2D eigenvalue weighted by Gasteiger charge is -2.25. The molecule has 0 saturated carbocycles. The van der Waals surface area contributed by atoms with Crippen LogP contribution in [0, 0.1) is 16.0 Å². The Labute approximate surface area is 120 Å². The summed E-state index contributed by atoms with van der Waals surface area (Å²) in [5, 5.41) is 23.7. The summed E-state index contributed by atoms with van der Waals surface area (Å²) in [5.41, 5.74) is 0.996. The van der Waals surface area contributed by atoms with Gasteiger partial charge in [0, 0.05) is 24.2 Å². The van der Waals surface area contributed by atoms with Crippen molar-refractivity contribution in [2.75, 3.05) is 6.61 Å². The molecule has 1 aromatic rings. The van der Waals surface area contributed by atoms with Crippen LogP contribution in [-0.4, -0.2) is 22.7 Å². The van der Waals surface area contributed by atoms with Crippen LogP contribution in [-0.2, 0) is 0 Å². The topological polar surface area (TPSA) is 75.4 Å². The third kappa shape index (κ3) is 4.90. The van der Waals surface area contributed by atoms with Gasteiger partial charge in [-0.3, -0.25) is 10.1 Å². The standard InChI is InChI=1S/C15H24N2O3/c1-4-15(16-13(10-18)8-11(2)3)12-6-5-7-14(9-12)17(19)20/h5-7,9,11,13,15-16,18H,4,8,10H2,1-3H3. The average molecular weight is 280 g/mol. The number of nitro benzene ring substituents is 1. The first-order chi connectivity index (χ1) is 9.47. The highest BCUT2D eigenvalue weighted by Gasteiger charge is 2.18. The minimum absolute atomic E-state index is 0.0132. The van der Waals surface area contributed by atoms with Gasteiger partial charge in [-0.25, -0.2) is 0 Å². The third-order valence-corrected chi connectivity index (χ3v) is 3.30. The number of aliphatic hydroxyl groups excluding tert-OH is 1. The van der Waals surface area contributed by atoms with Gasteiger partial charge in [0.2, 0.25) is 0 Å². The normalized spacial score (nSPS) is 14.2. The molecular weight excluding hydrogens is 256 g/mol. The zero-order valence-electron chi connectivity index (χ0n) is 12.4. The number of nitrogens with zero attached hydrogens (tertiary/aromatic N) is 1. The van der Waals surface area contributed by atoms with Crippen molar-refractivity contribution in [2.45, 2.75) is 45.7 Å². The lowest BCUT2D eigenvalue weighted by molar-refractivity contribution is -0.384. The van der Waals surface area contributed by atoms with Crippen LogP contribution in [0.2, 0.25) is 0 Å². The fraction of sp³-hybridized carbons (Fsp3) is 0.600. The Morgan fingerprint density at radius 2 is 2.10 bits per heavy atom. The molecule has 0 aromatic heterocycles. The monoisotopic (exact) mass is 280 g/mol. The van der Waals surface area contributed by atoms with E-state index in [1.54, 1.807) is 12.1 Å². The molecule has 0 aliphatic heterocycles. The maximum absolute atomic E-state index is 10.8. The molecule has 0 radical (unpaired) electrons. The first-order valence-electron chi connectivity index (χ1n) is 7.09. The summed E-state index contributed by atoms with van der Waals surface area (Å²) in [6, 6.07) is 6.72. The number of benzene rings is 1. The van der Waals surface area contributed by atoms with Gasteiger partial charge in [0.25, 0.3) is 5.69 Å². The van der Waals surface area contributed by atoms with Gasteiger partial charge < -0.3 is 10.4 Å². The summed E-state index contributed by atoms with van der Waals surface area (Å²) >= 11 is 0. The summed E-state index contributed by atoms with van der Waals surface area (Å²) in [5.74, 6) is 0.488. The second-order valence-electron chi connectivity index (χ2n) is 5.49. The Bertz CT molecular complexity index is 435. The van der Waals surface area contributed by atoms with E-state index in [1.165, 1.54) is 6.07 Å². The van der Waals surface area contributed by atoms with Gasteiger partial charge >= 0.3 is 0 Å². The van der Waals surface area contributed by atoms with Gasteiger partial charge in [-0.1, -0.05) is 32.9 Å². The van der Waals surface area contributed by atoms with Crippen molar-refractivity contribution >= 4 is 5.69 Å². The Hall–Kier alpha value is -1.46. The average Bonchev–Trinajstić information content (AvgIpc) is 2.43. The van der Waals surface area contributed by atoms with Crippen molar-refractivity contribution in [1.29, 1.82) is 0 Å².